The van der Waals surface area contributed by atoms with Crippen molar-refractivity contribution in [3.63, 3.8) is 0 Å². The first kappa shape index (κ1) is 28.1. The van der Waals surface area contributed by atoms with Crippen molar-refractivity contribution in [2.75, 3.05) is 0 Å². The van der Waals surface area contributed by atoms with E-state index in [0.29, 0.717) is 23.3 Å². The van der Waals surface area contributed by atoms with E-state index in [9.17, 15) is 4.79 Å². The van der Waals surface area contributed by atoms with Gasteiger partial charge in [0, 0.05) is 37.0 Å². The number of aromatic nitrogens is 3. The highest BCUT2D eigenvalue weighted by atomic mass is 79.9. The van der Waals surface area contributed by atoms with Crippen LogP contribution in [-0.4, -0.2) is 20.4 Å². The van der Waals surface area contributed by atoms with Crippen LogP contribution >= 0.6 is 31.9 Å². The predicted octanol–water partition coefficient (Wildman–Crippen LogP) is 8.09. The molecule has 2 heterocycles. The zero-order chi connectivity index (χ0) is 28.6. The first-order valence-corrected chi connectivity index (χ1v) is 14.5. The minimum absolute atomic E-state index is 0.194. The number of ether oxygens (including phenoxy) is 1. The molecule has 3 aromatic carbocycles. The van der Waals surface area contributed by atoms with Gasteiger partial charge in [-0.15, -0.1) is 0 Å². The van der Waals surface area contributed by atoms with E-state index < -0.39 is 0 Å². The van der Waals surface area contributed by atoms with Crippen molar-refractivity contribution in [1.82, 2.24) is 14.2 Å². The van der Waals surface area contributed by atoms with E-state index in [-0.39, 0.29) is 11.0 Å². The minimum atomic E-state index is -0.379. The fourth-order valence-electron chi connectivity index (χ4n) is 4.62. The van der Waals surface area contributed by atoms with E-state index in [1.165, 1.54) is 4.68 Å². The number of aryl methyl sites for hydroxylation is 1. The molecule has 0 atom stereocenters. The summed E-state index contributed by atoms with van der Waals surface area (Å²) in [6.07, 6.45) is 1.75. The molecule has 0 radical (unpaired) electrons. The van der Waals surface area contributed by atoms with E-state index in [2.05, 4.69) is 61.4 Å². The van der Waals surface area contributed by atoms with Gasteiger partial charge in [0.15, 0.2) is 0 Å². The van der Waals surface area contributed by atoms with Gasteiger partial charge >= 0.3 is 0 Å². The van der Waals surface area contributed by atoms with Gasteiger partial charge in [-0.1, -0.05) is 64.8 Å². The Labute approximate surface area is 250 Å². The van der Waals surface area contributed by atoms with Crippen molar-refractivity contribution >= 4 is 49.0 Å². The quantitative estimate of drug-likeness (QED) is 0.173. The summed E-state index contributed by atoms with van der Waals surface area (Å²) in [5, 5.41) is 5.19. The summed E-state index contributed by atoms with van der Waals surface area (Å²) >= 11 is 6.93. The Kier molecular flexibility index (Phi) is 7.84. The van der Waals surface area contributed by atoms with E-state index >= 15 is 0 Å². The fraction of sp³-hybridized carbons (Fsp3) is 0.219. The number of fused-ring (bicyclic) bond motifs is 1. The van der Waals surface area contributed by atoms with Crippen LogP contribution in [0.15, 0.2) is 91.6 Å². The second-order valence-corrected chi connectivity index (χ2v) is 12.6. The fourth-order valence-corrected chi connectivity index (χ4v) is 5.24. The topological polar surface area (TPSA) is 61.4 Å². The average Bonchev–Trinajstić information content (AvgIpc) is 3.20. The molecule has 2 aromatic heterocycles. The molecule has 5 rings (SSSR count). The molecule has 0 bridgehead atoms. The molecular formula is C32H30Br2N4O2. The summed E-state index contributed by atoms with van der Waals surface area (Å²) in [5.41, 5.74) is 5.22. The molecule has 40 heavy (non-hydrogen) atoms. The summed E-state index contributed by atoms with van der Waals surface area (Å²) in [5.74, 6) is 1.41. The smallest absolute Gasteiger partial charge is 0.282 e. The summed E-state index contributed by atoms with van der Waals surface area (Å²) in [7, 11) is 0. The third-order valence-electron chi connectivity index (χ3n) is 6.68. The highest BCUT2D eigenvalue weighted by molar-refractivity contribution is 9.10. The average molecular weight is 662 g/mol. The third kappa shape index (κ3) is 5.83. The highest BCUT2D eigenvalue weighted by Crippen LogP contribution is 2.25. The van der Waals surface area contributed by atoms with Crippen LogP contribution in [0.5, 0.6) is 5.75 Å². The van der Waals surface area contributed by atoms with Crippen molar-refractivity contribution in [2.45, 2.75) is 46.6 Å². The van der Waals surface area contributed by atoms with Crippen LogP contribution in [0.25, 0.3) is 16.6 Å². The standard InChI is InChI=1S/C32H30Br2N4O2/c1-20-16-23(18-35-38-30(39)28-17-25(34)10-15-29(28)36-31(38)32(3,4)5)21(2)37(20)26-11-13-27(14-12-26)40-19-22-6-8-24(33)9-7-22/h6-18H,19H2,1-5H3. The van der Waals surface area contributed by atoms with Crippen LogP contribution in [0.4, 0.5) is 0 Å². The van der Waals surface area contributed by atoms with E-state index in [1.807, 2.05) is 81.4 Å². The van der Waals surface area contributed by atoms with Gasteiger partial charge in [-0.3, -0.25) is 4.79 Å². The molecule has 6 nitrogen and oxygen atoms in total. The Bertz CT molecular complexity index is 1780. The highest BCUT2D eigenvalue weighted by Gasteiger charge is 2.23. The lowest BCUT2D eigenvalue weighted by atomic mass is 9.95. The molecule has 5 aromatic rings. The largest absolute Gasteiger partial charge is 0.489 e. The lowest BCUT2D eigenvalue weighted by Gasteiger charge is -2.20. The molecule has 0 saturated carbocycles. The predicted molar refractivity (Wildman–Crippen MR) is 169 cm³/mol. The van der Waals surface area contributed by atoms with Crippen LogP contribution in [0.3, 0.4) is 0 Å². The Morgan fingerprint density at radius 2 is 1.60 bits per heavy atom. The molecule has 0 unspecified atom stereocenters. The molecule has 0 aliphatic heterocycles. The second-order valence-electron chi connectivity index (χ2n) is 10.8. The Hall–Kier alpha value is -3.49. The normalized spacial score (nSPS) is 12.0. The minimum Gasteiger partial charge on any atom is -0.489 e. The zero-order valence-electron chi connectivity index (χ0n) is 23.1. The maximum absolute atomic E-state index is 13.5. The number of halogens is 2. The van der Waals surface area contributed by atoms with Gasteiger partial charge < -0.3 is 9.30 Å². The van der Waals surface area contributed by atoms with Gasteiger partial charge in [0.2, 0.25) is 0 Å². The maximum Gasteiger partial charge on any atom is 0.282 e. The number of hydrogen-bond donors (Lipinski definition) is 0. The van der Waals surface area contributed by atoms with Gasteiger partial charge in [0.1, 0.15) is 18.2 Å². The van der Waals surface area contributed by atoms with Crippen molar-refractivity contribution < 1.29 is 4.74 Å². The molecule has 0 saturated heterocycles. The number of benzene rings is 3. The Balaban J connectivity index is 1.44. The molecule has 0 fully saturated rings. The van der Waals surface area contributed by atoms with Crippen LogP contribution in [0, 0.1) is 13.8 Å². The van der Waals surface area contributed by atoms with E-state index in [0.717, 1.165) is 42.9 Å². The zero-order valence-corrected chi connectivity index (χ0v) is 26.2. The SMILES string of the molecule is Cc1cc(C=Nn2c(C(C)(C)C)nc3ccc(Br)cc3c2=O)c(C)n1-c1ccc(OCc2ccc(Br)cc2)cc1. The van der Waals surface area contributed by atoms with Gasteiger partial charge in [0.05, 0.1) is 17.1 Å². The van der Waals surface area contributed by atoms with Crippen molar-refractivity contribution in [1.29, 1.82) is 0 Å². The monoisotopic (exact) mass is 660 g/mol. The summed E-state index contributed by atoms with van der Waals surface area (Å²) in [4.78, 5) is 18.3. The molecular weight excluding hydrogens is 632 g/mol. The van der Waals surface area contributed by atoms with E-state index in [1.54, 1.807) is 12.3 Å². The first-order valence-electron chi connectivity index (χ1n) is 12.9. The summed E-state index contributed by atoms with van der Waals surface area (Å²) in [6.45, 7) is 10.7. The third-order valence-corrected chi connectivity index (χ3v) is 7.70. The maximum atomic E-state index is 13.5. The summed E-state index contributed by atoms with van der Waals surface area (Å²) in [6, 6.07) is 23.8. The van der Waals surface area contributed by atoms with Gasteiger partial charge in [0.25, 0.3) is 5.56 Å². The Morgan fingerprint density at radius 1 is 0.925 bits per heavy atom. The number of rotatable bonds is 6. The molecule has 8 heteroatoms. The molecule has 0 aliphatic carbocycles. The number of nitrogens with zero attached hydrogens (tertiary/aromatic N) is 4. The van der Waals surface area contributed by atoms with E-state index in [4.69, 9.17) is 9.72 Å². The molecule has 0 amide bonds. The molecule has 0 aliphatic rings. The summed E-state index contributed by atoms with van der Waals surface area (Å²) < 4.78 is 11.4. The van der Waals surface area contributed by atoms with Crippen LogP contribution in [-0.2, 0) is 12.0 Å². The lowest BCUT2D eigenvalue weighted by molar-refractivity contribution is 0.306. The molecule has 0 spiro atoms. The van der Waals surface area contributed by atoms with Crippen LogP contribution in [0.2, 0.25) is 0 Å². The van der Waals surface area contributed by atoms with Crippen LogP contribution < -0.4 is 10.3 Å². The number of hydrogen-bond acceptors (Lipinski definition) is 4. The van der Waals surface area contributed by atoms with Gasteiger partial charge in [-0.25, -0.2) is 4.98 Å². The first-order chi connectivity index (χ1) is 19.0. The molecule has 204 valence electrons. The van der Waals surface area contributed by atoms with Gasteiger partial charge in [-0.05, 0) is 80.1 Å². The van der Waals surface area contributed by atoms with Crippen LogP contribution in [0.1, 0.15) is 49.1 Å². The van der Waals surface area contributed by atoms with Gasteiger partial charge in [-0.2, -0.15) is 9.78 Å². The molecule has 0 N–H and O–H groups in total. The second kappa shape index (κ2) is 11.2. The van der Waals surface area contributed by atoms with Crippen molar-refractivity contribution in [3.05, 3.63) is 120 Å². The van der Waals surface area contributed by atoms with Crippen molar-refractivity contribution in [3.8, 4) is 11.4 Å². The lowest BCUT2D eigenvalue weighted by Crippen LogP contribution is -2.29. The Morgan fingerprint density at radius 3 is 2.27 bits per heavy atom. The van der Waals surface area contributed by atoms with Crippen molar-refractivity contribution in [2.24, 2.45) is 5.10 Å².